The minimum atomic E-state index is -5.08. The molecule has 178 valence electrons. The highest BCUT2D eigenvalue weighted by atomic mass is 19.4. The number of nitrogens with one attached hydrogen (secondary N) is 1. The van der Waals surface area contributed by atoms with Gasteiger partial charge < -0.3 is 5.11 Å². The molecular weight excluding hydrogens is 451 g/mol. The van der Waals surface area contributed by atoms with Gasteiger partial charge in [0.25, 0.3) is 0 Å². The SMILES string of the molecule is Cc1cc(CN2CCC(n3cc(-c4cc(F)cc(F)c4)nn3)CC2)n[nH]1.O=C(O)C(F)(F)F. The van der Waals surface area contributed by atoms with Crippen LogP contribution in [-0.2, 0) is 11.3 Å². The van der Waals surface area contributed by atoms with Crippen molar-refractivity contribution in [3.05, 3.63) is 53.5 Å². The quantitative estimate of drug-likeness (QED) is 0.562. The van der Waals surface area contributed by atoms with Crippen LogP contribution in [0.15, 0.2) is 30.5 Å². The first-order valence-electron chi connectivity index (χ1n) is 9.93. The van der Waals surface area contributed by atoms with Gasteiger partial charge >= 0.3 is 12.1 Å². The Balaban J connectivity index is 0.000000383. The fourth-order valence-electron chi connectivity index (χ4n) is 3.42. The molecule has 0 bridgehead atoms. The van der Waals surface area contributed by atoms with Crippen LogP contribution in [-0.4, -0.2) is 60.4 Å². The molecule has 1 aliphatic heterocycles. The molecular formula is C20H21F5N6O2. The monoisotopic (exact) mass is 472 g/mol. The fraction of sp³-hybridized carbons (Fsp3) is 0.400. The van der Waals surface area contributed by atoms with E-state index in [1.807, 2.05) is 11.6 Å². The smallest absolute Gasteiger partial charge is 0.475 e. The van der Waals surface area contributed by atoms with Crippen molar-refractivity contribution in [2.24, 2.45) is 0 Å². The number of carboxylic acid groups (broad SMARTS) is 1. The molecule has 0 radical (unpaired) electrons. The van der Waals surface area contributed by atoms with E-state index in [2.05, 4.69) is 31.5 Å². The van der Waals surface area contributed by atoms with E-state index in [1.165, 1.54) is 12.1 Å². The number of benzene rings is 1. The molecule has 1 aliphatic rings. The molecule has 0 spiro atoms. The van der Waals surface area contributed by atoms with Crippen molar-refractivity contribution in [3.63, 3.8) is 0 Å². The van der Waals surface area contributed by atoms with Crippen molar-refractivity contribution in [2.75, 3.05) is 13.1 Å². The van der Waals surface area contributed by atoms with Crippen LogP contribution in [0, 0.1) is 18.6 Å². The van der Waals surface area contributed by atoms with Crippen molar-refractivity contribution < 1.29 is 31.9 Å². The highest BCUT2D eigenvalue weighted by Crippen LogP contribution is 2.25. The third kappa shape index (κ3) is 6.81. The van der Waals surface area contributed by atoms with Crippen molar-refractivity contribution in [3.8, 4) is 11.3 Å². The number of carbonyl (C=O) groups is 1. The van der Waals surface area contributed by atoms with E-state index < -0.39 is 23.8 Å². The summed E-state index contributed by atoms with van der Waals surface area (Å²) in [6.45, 7) is 4.72. The van der Waals surface area contributed by atoms with Crippen molar-refractivity contribution >= 4 is 5.97 Å². The number of hydrogen-bond acceptors (Lipinski definition) is 5. The predicted octanol–water partition coefficient (Wildman–Crippen LogP) is 3.73. The van der Waals surface area contributed by atoms with Gasteiger partial charge in [-0.2, -0.15) is 18.3 Å². The van der Waals surface area contributed by atoms with Crippen LogP contribution < -0.4 is 0 Å². The number of aromatic amines is 1. The van der Waals surface area contributed by atoms with Gasteiger partial charge in [-0.1, -0.05) is 5.21 Å². The van der Waals surface area contributed by atoms with Crippen molar-refractivity contribution in [1.82, 2.24) is 30.1 Å². The summed E-state index contributed by atoms with van der Waals surface area (Å²) in [6.07, 6.45) is -1.42. The van der Waals surface area contributed by atoms with Gasteiger partial charge in [-0.3, -0.25) is 10.00 Å². The molecule has 1 fully saturated rings. The largest absolute Gasteiger partial charge is 0.490 e. The predicted molar refractivity (Wildman–Crippen MR) is 106 cm³/mol. The van der Waals surface area contributed by atoms with E-state index in [1.54, 1.807) is 6.20 Å². The summed E-state index contributed by atoms with van der Waals surface area (Å²) >= 11 is 0. The molecule has 4 rings (SSSR count). The number of nitrogens with zero attached hydrogens (tertiary/aromatic N) is 5. The Morgan fingerprint density at radius 3 is 2.27 bits per heavy atom. The molecule has 2 N–H and O–H groups in total. The third-order valence-electron chi connectivity index (χ3n) is 4.99. The third-order valence-corrected chi connectivity index (χ3v) is 4.99. The van der Waals surface area contributed by atoms with E-state index in [4.69, 9.17) is 9.90 Å². The first kappa shape index (κ1) is 24.3. The van der Waals surface area contributed by atoms with Crippen LogP contribution in [0.5, 0.6) is 0 Å². The molecule has 2 aromatic heterocycles. The van der Waals surface area contributed by atoms with Gasteiger partial charge in [0.1, 0.15) is 17.3 Å². The summed E-state index contributed by atoms with van der Waals surface area (Å²) in [5, 5.41) is 22.6. The number of halogens is 5. The van der Waals surface area contributed by atoms with Gasteiger partial charge in [-0.05, 0) is 38.0 Å². The number of piperidine rings is 1. The van der Waals surface area contributed by atoms with E-state index in [-0.39, 0.29) is 6.04 Å². The average molecular weight is 472 g/mol. The Morgan fingerprint density at radius 1 is 1.15 bits per heavy atom. The molecule has 1 aromatic carbocycles. The number of aryl methyl sites for hydroxylation is 1. The number of aliphatic carboxylic acids is 1. The lowest BCUT2D eigenvalue weighted by atomic mass is 10.0. The zero-order valence-corrected chi connectivity index (χ0v) is 17.5. The molecule has 3 heterocycles. The van der Waals surface area contributed by atoms with Gasteiger partial charge in [-0.15, -0.1) is 5.10 Å². The molecule has 0 aliphatic carbocycles. The zero-order chi connectivity index (χ0) is 24.2. The Kier molecular flexibility index (Phi) is 7.41. The van der Waals surface area contributed by atoms with Gasteiger partial charge in [0.15, 0.2) is 0 Å². The second kappa shape index (κ2) is 10.1. The molecule has 0 unspecified atom stereocenters. The van der Waals surface area contributed by atoms with Crippen LogP contribution in [0.2, 0.25) is 0 Å². The topological polar surface area (TPSA) is 99.9 Å². The maximum absolute atomic E-state index is 13.4. The summed E-state index contributed by atoms with van der Waals surface area (Å²) in [6, 6.07) is 5.70. The molecule has 0 atom stereocenters. The highest BCUT2D eigenvalue weighted by Gasteiger charge is 2.38. The Hall–Kier alpha value is -3.35. The molecule has 33 heavy (non-hydrogen) atoms. The summed E-state index contributed by atoms with van der Waals surface area (Å²) in [4.78, 5) is 11.3. The Morgan fingerprint density at radius 2 is 1.76 bits per heavy atom. The summed E-state index contributed by atoms with van der Waals surface area (Å²) < 4.78 is 60.3. The lowest BCUT2D eigenvalue weighted by Gasteiger charge is -2.31. The van der Waals surface area contributed by atoms with E-state index >= 15 is 0 Å². The first-order chi connectivity index (χ1) is 15.5. The molecule has 0 amide bonds. The Bertz CT molecular complexity index is 1070. The molecule has 1 saturated heterocycles. The number of likely N-dealkylation sites (tertiary alicyclic amines) is 1. The van der Waals surface area contributed by atoms with Crippen LogP contribution in [0.25, 0.3) is 11.3 Å². The number of alkyl halides is 3. The van der Waals surface area contributed by atoms with E-state index in [0.29, 0.717) is 11.3 Å². The van der Waals surface area contributed by atoms with E-state index in [9.17, 15) is 22.0 Å². The van der Waals surface area contributed by atoms with Crippen LogP contribution >= 0.6 is 0 Å². The van der Waals surface area contributed by atoms with Crippen LogP contribution in [0.1, 0.15) is 30.3 Å². The zero-order valence-electron chi connectivity index (χ0n) is 17.5. The number of H-pyrrole nitrogens is 1. The summed E-state index contributed by atoms with van der Waals surface area (Å²) in [7, 11) is 0. The summed E-state index contributed by atoms with van der Waals surface area (Å²) in [5.41, 5.74) is 3.01. The number of carboxylic acids is 1. The Labute approximate surface area is 185 Å². The second-order valence-electron chi connectivity index (χ2n) is 7.59. The lowest BCUT2D eigenvalue weighted by molar-refractivity contribution is -0.192. The molecule has 0 saturated carbocycles. The average Bonchev–Trinajstić information content (AvgIpc) is 3.37. The van der Waals surface area contributed by atoms with Crippen LogP contribution in [0.3, 0.4) is 0 Å². The number of rotatable bonds is 4. The number of hydrogen-bond donors (Lipinski definition) is 2. The lowest BCUT2D eigenvalue weighted by Crippen LogP contribution is -2.34. The summed E-state index contributed by atoms with van der Waals surface area (Å²) in [5.74, 6) is -3.99. The maximum atomic E-state index is 13.4. The standard InChI is InChI=1S/C18H20F2N6.C2HF3O2/c1-12-6-16(22-21-12)10-25-4-2-17(3-5-25)26-11-18(23-24-26)13-7-14(19)9-15(20)8-13;3-2(4,5)1(6)7/h6-9,11,17H,2-5,10H2,1H3,(H,21,22);(H,6,7). The van der Waals surface area contributed by atoms with Crippen molar-refractivity contribution in [1.29, 1.82) is 0 Å². The van der Waals surface area contributed by atoms with E-state index in [0.717, 1.165) is 49.9 Å². The van der Waals surface area contributed by atoms with Gasteiger partial charge in [0, 0.05) is 37.0 Å². The van der Waals surface area contributed by atoms with Gasteiger partial charge in [0.2, 0.25) is 0 Å². The maximum Gasteiger partial charge on any atom is 0.490 e. The molecule has 3 aromatic rings. The number of aromatic nitrogens is 5. The first-order valence-corrected chi connectivity index (χ1v) is 9.93. The minimum absolute atomic E-state index is 0.242. The highest BCUT2D eigenvalue weighted by molar-refractivity contribution is 5.73. The van der Waals surface area contributed by atoms with Gasteiger partial charge in [-0.25, -0.2) is 18.3 Å². The molecule has 13 heteroatoms. The normalized spacial score (nSPS) is 15.2. The molecule has 8 nitrogen and oxygen atoms in total. The van der Waals surface area contributed by atoms with Gasteiger partial charge in [0.05, 0.1) is 17.9 Å². The van der Waals surface area contributed by atoms with Crippen molar-refractivity contribution in [2.45, 2.75) is 38.5 Å². The fourth-order valence-corrected chi connectivity index (χ4v) is 3.42. The second-order valence-corrected chi connectivity index (χ2v) is 7.59. The van der Waals surface area contributed by atoms with Crippen LogP contribution in [0.4, 0.5) is 22.0 Å². The minimum Gasteiger partial charge on any atom is -0.475 e.